The van der Waals surface area contributed by atoms with Gasteiger partial charge in [0, 0.05) is 24.8 Å². The van der Waals surface area contributed by atoms with E-state index in [1.54, 1.807) is 25.3 Å². The third kappa shape index (κ3) is 5.33. The van der Waals surface area contributed by atoms with Crippen molar-refractivity contribution < 1.29 is 13.2 Å². The molecule has 2 aromatic rings. The van der Waals surface area contributed by atoms with Crippen LogP contribution in [0, 0.1) is 0 Å². The van der Waals surface area contributed by atoms with Gasteiger partial charge in [-0.25, -0.2) is 8.42 Å². The van der Waals surface area contributed by atoms with Crippen molar-refractivity contribution in [2.24, 2.45) is 0 Å². The summed E-state index contributed by atoms with van der Waals surface area (Å²) in [6.45, 7) is 0.513. The van der Waals surface area contributed by atoms with Gasteiger partial charge in [0.15, 0.2) is 5.11 Å². The van der Waals surface area contributed by atoms with Gasteiger partial charge in [-0.05, 0) is 36.5 Å². The number of benzene rings is 2. The van der Waals surface area contributed by atoms with Crippen molar-refractivity contribution in [1.82, 2.24) is 5.32 Å². The van der Waals surface area contributed by atoms with Crippen molar-refractivity contribution in [2.45, 2.75) is 6.54 Å². The van der Waals surface area contributed by atoms with Crippen LogP contribution in [0.4, 0.5) is 11.4 Å². The van der Waals surface area contributed by atoms with E-state index in [1.807, 2.05) is 30.3 Å². The Kier molecular flexibility index (Phi) is 6.22. The molecule has 6 nitrogen and oxygen atoms in total. The standard InChI is InChI=1S/C17H21N3O3S2/c1-20(25(3,21)22)15-9-6-8-14(11-15)19-17(24)18-12-13-7-4-5-10-16(13)23-2/h4-11H,12H2,1-3H3,(H2,18,19,24). The molecule has 2 aromatic carbocycles. The van der Waals surface area contributed by atoms with E-state index < -0.39 is 10.0 Å². The topological polar surface area (TPSA) is 70.7 Å². The van der Waals surface area contributed by atoms with Crippen LogP contribution in [-0.4, -0.2) is 33.9 Å². The molecule has 0 aliphatic carbocycles. The molecule has 0 bridgehead atoms. The number of thiocarbonyl (C=S) groups is 1. The fourth-order valence-corrected chi connectivity index (χ4v) is 2.86. The van der Waals surface area contributed by atoms with Crippen LogP contribution >= 0.6 is 12.2 Å². The molecule has 0 atom stereocenters. The van der Waals surface area contributed by atoms with Gasteiger partial charge < -0.3 is 15.4 Å². The molecular formula is C17H21N3O3S2. The van der Waals surface area contributed by atoms with Gasteiger partial charge in [0.2, 0.25) is 10.0 Å². The molecule has 8 heteroatoms. The van der Waals surface area contributed by atoms with Crippen molar-refractivity contribution in [3.63, 3.8) is 0 Å². The molecule has 0 aliphatic rings. The molecule has 25 heavy (non-hydrogen) atoms. The summed E-state index contributed by atoms with van der Waals surface area (Å²) in [6.07, 6.45) is 1.16. The van der Waals surface area contributed by atoms with Gasteiger partial charge in [-0.1, -0.05) is 24.3 Å². The lowest BCUT2D eigenvalue weighted by molar-refractivity contribution is 0.409. The van der Waals surface area contributed by atoms with Gasteiger partial charge in [0.1, 0.15) is 5.75 Å². The molecule has 2 rings (SSSR count). The zero-order valence-electron chi connectivity index (χ0n) is 14.3. The Balaban J connectivity index is 2.01. The molecule has 0 spiro atoms. The smallest absolute Gasteiger partial charge is 0.231 e. The van der Waals surface area contributed by atoms with E-state index in [0.717, 1.165) is 17.6 Å². The summed E-state index contributed by atoms with van der Waals surface area (Å²) < 4.78 is 29.8. The summed E-state index contributed by atoms with van der Waals surface area (Å²) in [6, 6.07) is 14.7. The first-order valence-corrected chi connectivity index (χ1v) is 9.77. The number of anilines is 2. The molecule has 0 radical (unpaired) electrons. The van der Waals surface area contributed by atoms with E-state index in [4.69, 9.17) is 17.0 Å². The Morgan fingerprint density at radius 2 is 1.92 bits per heavy atom. The van der Waals surface area contributed by atoms with E-state index in [0.29, 0.717) is 23.0 Å². The molecule has 2 N–H and O–H groups in total. The average molecular weight is 380 g/mol. The summed E-state index contributed by atoms with van der Waals surface area (Å²) in [5.41, 5.74) is 2.24. The largest absolute Gasteiger partial charge is 0.496 e. The predicted molar refractivity (Wildman–Crippen MR) is 106 cm³/mol. The Morgan fingerprint density at radius 1 is 1.20 bits per heavy atom. The van der Waals surface area contributed by atoms with E-state index in [1.165, 1.54) is 11.4 Å². The van der Waals surface area contributed by atoms with Gasteiger partial charge >= 0.3 is 0 Å². The molecule has 0 unspecified atom stereocenters. The molecule has 0 amide bonds. The van der Waals surface area contributed by atoms with Crippen LogP contribution in [0.25, 0.3) is 0 Å². The Hall–Kier alpha value is -2.32. The number of hydrogen-bond donors (Lipinski definition) is 2. The minimum absolute atomic E-state index is 0.435. The second-order valence-corrected chi connectivity index (χ2v) is 7.82. The lowest BCUT2D eigenvalue weighted by Gasteiger charge is -2.18. The first kappa shape index (κ1) is 19.0. The average Bonchev–Trinajstić information content (AvgIpc) is 2.59. The van der Waals surface area contributed by atoms with Crippen LogP contribution in [0.1, 0.15) is 5.56 Å². The highest BCUT2D eigenvalue weighted by Crippen LogP contribution is 2.20. The van der Waals surface area contributed by atoms with Crippen LogP contribution in [0.15, 0.2) is 48.5 Å². The second kappa shape index (κ2) is 8.17. The zero-order valence-corrected chi connectivity index (χ0v) is 15.9. The third-order valence-electron chi connectivity index (χ3n) is 3.60. The van der Waals surface area contributed by atoms with E-state index >= 15 is 0 Å². The first-order valence-electron chi connectivity index (χ1n) is 7.52. The van der Waals surface area contributed by atoms with Crippen LogP contribution in [-0.2, 0) is 16.6 Å². The summed E-state index contributed by atoms with van der Waals surface area (Å²) in [5, 5.41) is 6.60. The van der Waals surface area contributed by atoms with Gasteiger partial charge in [-0.15, -0.1) is 0 Å². The van der Waals surface area contributed by atoms with Crippen LogP contribution in [0.2, 0.25) is 0 Å². The van der Waals surface area contributed by atoms with Gasteiger partial charge in [-0.3, -0.25) is 4.31 Å². The normalized spacial score (nSPS) is 10.8. The van der Waals surface area contributed by atoms with E-state index in [9.17, 15) is 8.42 Å². The minimum Gasteiger partial charge on any atom is -0.496 e. The molecule has 0 fully saturated rings. The molecule has 134 valence electrons. The third-order valence-corrected chi connectivity index (χ3v) is 5.05. The lowest BCUT2D eigenvalue weighted by atomic mass is 10.2. The fraction of sp³-hybridized carbons (Fsp3) is 0.235. The Morgan fingerprint density at radius 3 is 2.60 bits per heavy atom. The number of rotatable bonds is 6. The van der Waals surface area contributed by atoms with Crippen molar-refractivity contribution in [3.8, 4) is 5.75 Å². The summed E-state index contributed by atoms with van der Waals surface area (Å²) in [7, 11) is -0.181. The number of para-hydroxylation sites is 1. The number of nitrogens with one attached hydrogen (secondary N) is 2. The zero-order chi connectivity index (χ0) is 18.4. The highest BCUT2D eigenvalue weighted by Gasteiger charge is 2.12. The first-order chi connectivity index (χ1) is 11.8. The monoisotopic (exact) mass is 379 g/mol. The number of methoxy groups -OCH3 is 1. The van der Waals surface area contributed by atoms with Crippen LogP contribution < -0.4 is 19.7 Å². The Bertz CT molecular complexity index is 854. The lowest BCUT2D eigenvalue weighted by Crippen LogP contribution is -2.28. The van der Waals surface area contributed by atoms with Gasteiger partial charge in [0.25, 0.3) is 0 Å². The summed E-state index contributed by atoms with van der Waals surface area (Å²) in [4.78, 5) is 0. The van der Waals surface area contributed by atoms with E-state index in [2.05, 4.69) is 10.6 Å². The van der Waals surface area contributed by atoms with Crippen molar-refractivity contribution in [1.29, 1.82) is 0 Å². The molecule has 0 heterocycles. The van der Waals surface area contributed by atoms with Crippen LogP contribution in [0.3, 0.4) is 0 Å². The highest BCUT2D eigenvalue weighted by atomic mass is 32.2. The van der Waals surface area contributed by atoms with Gasteiger partial charge in [-0.2, -0.15) is 0 Å². The number of sulfonamides is 1. The molecule has 0 saturated heterocycles. The SMILES string of the molecule is COc1ccccc1CNC(=S)Nc1cccc(N(C)S(C)(=O)=O)c1. The fourth-order valence-electron chi connectivity index (χ4n) is 2.17. The Labute approximate surface area is 153 Å². The molecule has 0 aromatic heterocycles. The quantitative estimate of drug-likeness (QED) is 0.752. The van der Waals surface area contributed by atoms with Crippen LogP contribution in [0.5, 0.6) is 5.75 Å². The minimum atomic E-state index is -3.31. The number of ether oxygens (including phenoxy) is 1. The summed E-state index contributed by atoms with van der Waals surface area (Å²) in [5.74, 6) is 0.787. The maximum Gasteiger partial charge on any atom is 0.231 e. The maximum absolute atomic E-state index is 11.6. The van der Waals surface area contributed by atoms with Crippen molar-refractivity contribution >= 4 is 38.7 Å². The highest BCUT2D eigenvalue weighted by molar-refractivity contribution is 7.92. The summed E-state index contributed by atoms with van der Waals surface area (Å²) >= 11 is 5.30. The van der Waals surface area contributed by atoms with Crippen molar-refractivity contribution in [2.75, 3.05) is 30.0 Å². The predicted octanol–water partition coefficient (Wildman–Crippen LogP) is 2.58. The molecule has 0 aliphatic heterocycles. The second-order valence-electron chi connectivity index (χ2n) is 5.40. The number of hydrogen-bond acceptors (Lipinski definition) is 4. The molecular weight excluding hydrogens is 358 g/mol. The van der Waals surface area contributed by atoms with Gasteiger partial charge in [0.05, 0.1) is 19.1 Å². The molecule has 0 saturated carbocycles. The maximum atomic E-state index is 11.6. The number of nitrogens with zero attached hydrogens (tertiary/aromatic N) is 1. The van der Waals surface area contributed by atoms with E-state index in [-0.39, 0.29) is 0 Å². The van der Waals surface area contributed by atoms with Crippen molar-refractivity contribution in [3.05, 3.63) is 54.1 Å².